The van der Waals surface area contributed by atoms with Gasteiger partial charge in [-0.05, 0) is 24.3 Å². The van der Waals surface area contributed by atoms with Crippen LogP contribution in [0.15, 0.2) is 59.4 Å². The predicted octanol–water partition coefficient (Wildman–Crippen LogP) is 2.63. The first-order chi connectivity index (χ1) is 12.6. The highest BCUT2D eigenvalue weighted by Gasteiger charge is 2.17. The molecule has 0 amide bonds. The van der Waals surface area contributed by atoms with Gasteiger partial charge < -0.3 is 4.74 Å². The average molecular weight is 351 g/mol. The number of carbonyl (C=O) groups is 1. The number of ether oxygens (including phenoxy) is 1. The van der Waals surface area contributed by atoms with Gasteiger partial charge in [-0.1, -0.05) is 30.3 Å². The molecule has 0 aliphatic rings. The van der Waals surface area contributed by atoms with Crippen molar-refractivity contribution in [1.29, 1.82) is 0 Å². The van der Waals surface area contributed by atoms with E-state index in [-0.39, 0.29) is 6.54 Å². The highest BCUT2D eigenvalue weighted by atomic mass is 19.1. The van der Waals surface area contributed by atoms with Crippen molar-refractivity contribution >= 4 is 22.4 Å². The maximum absolute atomic E-state index is 13.8. The Kier molecular flexibility index (Phi) is 3.76. The van der Waals surface area contributed by atoms with Gasteiger partial charge in [0.2, 0.25) is 0 Å². The number of halogens is 1. The van der Waals surface area contributed by atoms with E-state index >= 15 is 0 Å². The van der Waals surface area contributed by atoms with Crippen molar-refractivity contribution in [3.8, 4) is 11.4 Å². The fraction of sp³-hybridized carbons (Fsp3) is 0.105. The van der Waals surface area contributed by atoms with Crippen molar-refractivity contribution in [2.24, 2.45) is 0 Å². The van der Waals surface area contributed by atoms with Crippen LogP contribution in [-0.4, -0.2) is 27.3 Å². The zero-order valence-corrected chi connectivity index (χ0v) is 13.8. The van der Waals surface area contributed by atoms with Crippen molar-refractivity contribution in [3.63, 3.8) is 0 Å². The van der Waals surface area contributed by atoms with E-state index in [1.807, 2.05) is 30.3 Å². The van der Waals surface area contributed by atoms with Crippen LogP contribution in [0.1, 0.15) is 0 Å². The summed E-state index contributed by atoms with van der Waals surface area (Å²) in [5.74, 6) is -0.551. The maximum Gasteiger partial charge on any atom is 0.327 e. The molecule has 0 N–H and O–H groups in total. The van der Waals surface area contributed by atoms with E-state index in [9.17, 15) is 14.0 Å². The van der Waals surface area contributed by atoms with Crippen molar-refractivity contribution in [2.45, 2.75) is 6.54 Å². The van der Waals surface area contributed by atoms with Gasteiger partial charge >= 0.3 is 5.97 Å². The number of hydrogen-bond donors (Lipinski definition) is 0. The molecule has 0 aliphatic heterocycles. The molecule has 4 rings (SSSR count). The van der Waals surface area contributed by atoms with E-state index in [1.165, 1.54) is 19.2 Å². The summed E-state index contributed by atoms with van der Waals surface area (Å²) in [5.41, 5.74) is 1.13. The van der Waals surface area contributed by atoms with Gasteiger partial charge in [-0.15, -0.1) is 5.10 Å². The quantitative estimate of drug-likeness (QED) is 0.532. The van der Waals surface area contributed by atoms with E-state index < -0.39 is 17.3 Å². The molecule has 2 aromatic heterocycles. The summed E-state index contributed by atoms with van der Waals surface area (Å²) >= 11 is 0. The average Bonchev–Trinajstić information content (AvgIpc) is 3.03. The van der Waals surface area contributed by atoms with Gasteiger partial charge in [0.05, 0.1) is 12.6 Å². The van der Waals surface area contributed by atoms with Crippen molar-refractivity contribution < 1.29 is 13.9 Å². The molecule has 0 spiro atoms. The highest BCUT2D eigenvalue weighted by Crippen LogP contribution is 2.25. The molecule has 130 valence electrons. The van der Waals surface area contributed by atoms with E-state index in [2.05, 4.69) is 9.84 Å². The summed E-state index contributed by atoms with van der Waals surface area (Å²) in [4.78, 5) is 24.5. The van der Waals surface area contributed by atoms with Crippen molar-refractivity contribution in [3.05, 3.63) is 70.8 Å². The standard InChI is InChI=1S/C19H14FN3O3/c1-26-17(24)11-22-19(25)16-9-13-7-8-14(20)10-15(13)23(16)18(21-22)12-5-3-2-4-6-12/h2-10H,11H2,1H3. The fourth-order valence-electron chi connectivity index (χ4n) is 2.96. The zero-order valence-electron chi connectivity index (χ0n) is 13.8. The minimum Gasteiger partial charge on any atom is -0.468 e. The number of hydrogen-bond acceptors (Lipinski definition) is 4. The Balaban J connectivity index is 2.12. The SMILES string of the molecule is COC(=O)Cn1nc(-c2ccccc2)n2c(cc3ccc(F)cc32)c1=O. The molecule has 0 atom stereocenters. The van der Waals surface area contributed by atoms with Crippen LogP contribution >= 0.6 is 0 Å². The van der Waals surface area contributed by atoms with Gasteiger partial charge in [0, 0.05) is 10.9 Å². The maximum atomic E-state index is 13.8. The number of nitrogens with zero attached hydrogens (tertiary/aromatic N) is 3. The normalized spacial score (nSPS) is 11.2. The molecule has 0 saturated carbocycles. The Hall–Kier alpha value is -3.48. The molecular formula is C19H14FN3O3. The molecule has 0 aliphatic carbocycles. The van der Waals surface area contributed by atoms with E-state index in [0.29, 0.717) is 22.2 Å². The van der Waals surface area contributed by atoms with Crippen LogP contribution in [0.4, 0.5) is 4.39 Å². The first-order valence-electron chi connectivity index (χ1n) is 7.92. The molecule has 0 fully saturated rings. The molecule has 0 saturated heterocycles. The number of aromatic nitrogens is 3. The highest BCUT2D eigenvalue weighted by molar-refractivity contribution is 5.89. The fourth-order valence-corrected chi connectivity index (χ4v) is 2.96. The second-order valence-electron chi connectivity index (χ2n) is 5.80. The van der Waals surface area contributed by atoms with Gasteiger partial charge in [0.15, 0.2) is 5.82 Å². The van der Waals surface area contributed by atoms with Gasteiger partial charge in [0.25, 0.3) is 5.56 Å². The Bertz CT molecular complexity index is 1200. The number of esters is 1. The molecule has 6 nitrogen and oxygen atoms in total. The lowest BCUT2D eigenvalue weighted by molar-refractivity contribution is -0.141. The molecule has 2 aromatic carbocycles. The predicted molar refractivity (Wildman–Crippen MR) is 94.4 cm³/mol. The second kappa shape index (κ2) is 6.11. The number of methoxy groups -OCH3 is 1. The van der Waals surface area contributed by atoms with E-state index in [4.69, 9.17) is 0 Å². The van der Waals surface area contributed by atoms with Crippen molar-refractivity contribution in [2.75, 3.05) is 7.11 Å². The minimum absolute atomic E-state index is 0.304. The molecule has 26 heavy (non-hydrogen) atoms. The molecular weight excluding hydrogens is 337 g/mol. The lowest BCUT2D eigenvalue weighted by Crippen LogP contribution is -2.29. The minimum atomic E-state index is -0.579. The first kappa shape index (κ1) is 16.0. The Morgan fingerprint density at radius 2 is 1.88 bits per heavy atom. The van der Waals surface area contributed by atoms with Crippen LogP contribution in [0.3, 0.4) is 0 Å². The Morgan fingerprint density at radius 1 is 1.12 bits per heavy atom. The third-order valence-electron chi connectivity index (χ3n) is 4.19. The van der Waals surface area contributed by atoms with Gasteiger partial charge in [-0.2, -0.15) is 0 Å². The third-order valence-corrected chi connectivity index (χ3v) is 4.19. The lowest BCUT2D eigenvalue weighted by Gasteiger charge is -2.10. The summed E-state index contributed by atoms with van der Waals surface area (Å²) in [6, 6.07) is 15.2. The summed E-state index contributed by atoms with van der Waals surface area (Å²) in [6.07, 6.45) is 0. The number of carbonyl (C=O) groups excluding carboxylic acids is 1. The summed E-state index contributed by atoms with van der Waals surface area (Å²) in [7, 11) is 1.25. The second-order valence-corrected chi connectivity index (χ2v) is 5.80. The van der Waals surface area contributed by atoms with Crippen LogP contribution < -0.4 is 5.56 Å². The lowest BCUT2D eigenvalue weighted by atomic mass is 10.2. The molecule has 0 bridgehead atoms. The topological polar surface area (TPSA) is 65.6 Å². The number of rotatable bonds is 3. The molecule has 4 aromatic rings. The molecule has 2 heterocycles. The largest absolute Gasteiger partial charge is 0.468 e. The zero-order chi connectivity index (χ0) is 18.3. The summed E-state index contributed by atoms with van der Waals surface area (Å²) in [6.45, 7) is -0.304. The third kappa shape index (κ3) is 2.54. The van der Waals surface area contributed by atoms with Crippen LogP contribution in [0.5, 0.6) is 0 Å². The molecule has 7 heteroatoms. The van der Waals surface area contributed by atoms with E-state index in [0.717, 1.165) is 10.2 Å². The van der Waals surface area contributed by atoms with Gasteiger partial charge in [-0.3, -0.25) is 14.0 Å². The van der Waals surface area contributed by atoms with Crippen LogP contribution in [0, 0.1) is 5.82 Å². The molecule has 0 radical (unpaired) electrons. The molecule has 0 unspecified atom stereocenters. The van der Waals surface area contributed by atoms with E-state index in [1.54, 1.807) is 16.5 Å². The van der Waals surface area contributed by atoms with Crippen LogP contribution in [0.2, 0.25) is 0 Å². The van der Waals surface area contributed by atoms with Gasteiger partial charge in [-0.25, -0.2) is 9.07 Å². The van der Waals surface area contributed by atoms with Crippen molar-refractivity contribution in [1.82, 2.24) is 14.2 Å². The monoisotopic (exact) mass is 351 g/mol. The first-order valence-corrected chi connectivity index (χ1v) is 7.92. The Morgan fingerprint density at radius 3 is 2.62 bits per heavy atom. The number of fused-ring (bicyclic) bond motifs is 3. The number of benzene rings is 2. The summed E-state index contributed by atoms with van der Waals surface area (Å²) in [5, 5.41) is 5.06. The summed E-state index contributed by atoms with van der Waals surface area (Å²) < 4.78 is 21.1. The Labute approximate surface area is 147 Å². The smallest absolute Gasteiger partial charge is 0.327 e. The van der Waals surface area contributed by atoms with Crippen LogP contribution in [-0.2, 0) is 16.1 Å². The van der Waals surface area contributed by atoms with Gasteiger partial charge in [0.1, 0.15) is 17.9 Å². The van der Waals surface area contributed by atoms with Crippen LogP contribution in [0.25, 0.3) is 27.8 Å².